The molecule has 0 radical (unpaired) electrons. The van der Waals surface area contributed by atoms with Gasteiger partial charge in [-0.2, -0.15) is 0 Å². The van der Waals surface area contributed by atoms with Crippen molar-refractivity contribution in [3.63, 3.8) is 0 Å². The number of carbonyl (C=O) groups is 2. The van der Waals surface area contributed by atoms with E-state index in [4.69, 9.17) is 0 Å². The van der Waals surface area contributed by atoms with Crippen LogP contribution in [0.15, 0.2) is 0 Å². The summed E-state index contributed by atoms with van der Waals surface area (Å²) in [5.74, 6) is -0.163. The van der Waals surface area contributed by atoms with E-state index in [1.807, 2.05) is 13.8 Å². The predicted molar refractivity (Wildman–Crippen MR) is 70.1 cm³/mol. The van der Waals surface area contributed by atoms with Crippen LogP contribution in [-0.4, -0.2) is 40.7 Å². The zero-order valence-corrected chi connectivity index (χ0v) is 11.5. The molecule has 0 aromatic heterocycles. The lowest BCUT2D eigenvalue weighted by Gasteiger charge is -2.13. The molecule has 3 amide bonds. The Morgan fingerprint density at radius 1 is 1.35 bits per heavy atom. The molecule has 100 valence electrons. The zero-order valence-electron chi connectivity index (χ0n) is 10.7. The minimum atomic E-state index is -0.466. The standard InChI is InChI=1S/C11H22N2O3S/c1-4-5-6-12-11(16)13-10(15)7-17-9(3)8(2)14/h8-9,14H,4-7H2,1-3H3,(H2,12,13,15,16). The van der Waals surface area contributed by atoms with Gasteiger partial charge in [-0.15, -0.1) is 11.8 Å². The molecule has 0 rings (SSSR count). The van der Waals surface area contributed by atoms with Crippen molar-refractivity contribution in [2.45, 2.75) is 45.0 Å². The van der Waals surface area contributed by atoms with Crippen molar-refractivity contribution in [2.75, 3.05) is 12.3 Å². The van der Waals surface area contributed by atoms with E-state index in [2.05, 4.69) is 10.6 Å². The number of unbranched alkanes of at least 4 members (excludes halogenated alkanes) is 1. The lowest BCUT2D eigenvalue weighted by molar-refractivity contribution is -0.117. The summed E-state index contributed by atoms with van der Waals surface area (Å²) < 4.78 is 0. The summed E-state index contributed by atoms with van der Waals surface area (Å²) in [6.45, 7) is 6.11. The molecule has 0 aliphatic heterocycles. The number of aliphatic hydroxyl groups is 1. The Morgan fingerprint density at radius 3 is 2.53 bits per heavy atom. The summed E-state index contributed by atoms with van der Waals surface area (Å²) in [5, 5.41) is 14.0. The third-order valence-electron chi connectivity index (χ3n) is 2.23. The predicted octanol–water partition coefficient (Wildman–Crippen LogP) is 1.11. The number of aliphatic hydroxyl groups excluding tert-OH is 1. The van der Waals surface area contributed by atoms with Gasteiger partial charge >= 0.3 is 6.03 Å². The third-order valence-corrected chi connectivity index (χ3v) is 3.57. The van der Waals surface area contributed by atoms with Gasteiger partial charge < -0.3 is 10.4 Å². The molecule has 5 nitrogen and oxygen atoms in total. The van der Waals surface area contributed by atoms with E-state index in [1.165, 1.54) is 11.8 Å². The second-order valence-electron chi connectivity index (χ2n) is 3.91. The number of urea groups is 1. The van der Waals surface area contributed by atoms with Crippen molar-refractivity contribution in [1.29, 1.82) is 0 Å². The average molecular weight is 262 g/mol. The molecule has 0 aliphatic rings. The fraction of sp³-hybridized carbons (Fsp3) is 0.818. The molecule has 0 bridgehead atoms. The molecule has 0 spiro atoms. The van der Waals surface area contributed by atoms with Gasteiger partial charge in [-0.05, 0) is 13.3 Å². The van der Waals surface area contributed by atoms with Crippen LogP contribution in [0.2, 0.25) is 0 Å². The lowest BCUT2D eigenvalue weighted by Crippen LogP contribution is -2.41. The molecule has 3 N–H and O–H groups in total. The lowest BCUT2D eigenvalue weighted by atomic mass is 10.3. The van der Waals surface area contributed by atoms with Crippen LogP contribution in [0.1, 0.15) is 33.6 Å². The highest BCUT2D eigenvalue weighted by Gasteiger charge is 2.13. The van der Waals surface area contributed by atoms with E-state index in [1.54, 1.807) is 6.92 Å². The van der Waals surface area contributed by atoms with Crippen LogP contribution < -0.4 is 10.6 Å². The molecular formula is C11H22N2O3S. The highest BCUT2D eigenvalue weighted by Crippen LogP contribution is 2.13. The van der Waals surface area contributed by atoms with E-state index < -0.39 is 12.1 Å². The molecule has 0 fully saturated rings. The molecule has 0 aliphatic carbocycles. The highest BCUT2D eigenvalue weighted by atomic mass is 32.2. The SMILES string of the molecule is CCCCNC(=O)NC(=O)CSC(C)C(C)O. The van der Waals surface area contributed by atoms with Crippen molar-refractivity contribution in [3.8, 4) is 0 Å². The van der Waals surface area contributed by atoms with Crippen molar-refractivity contribution in [3.05, 3.63) is 0 Å². The van der Waals surface area contributed by atoms with Crippen LogP contribution in [0.25, 0.3) is 0 Å². The van der Waals surface area contributed by atoms with E-state index in [0.717, 1.165) is 12.8 Å². The maximum Gasteiger partial charge on any atom is 0.321 e. The van der Waals surface area contributed by atoms with E-state index in [9.17, 15) is 14.7 Å². The van der Waals surface area contributed by atoms with Gasteiger partial charge in [0.15, 0.2) is 0 Å². The monoisotopic (exact) mass is 262 g/mol. The Bertz CT molecular complexity index is 247. The minimum absolute atomic E-state index is 0.0242. The Hall–Kier alpha value is -0.750. The molecule has 0 heterocycles. The first-order valence-corrected chi connectivity index (χ1v) is 6.89. The van der Waals surface area contributed by atoms with Gasteiger partial charge in [0.25, 0.3) is 0 Å². The van der Waals surface area contributed by atoms with Gasteiger partial charge in [-0.25, -0.2) is 4.79 Å². The van der Waals surface area contributed by atoms with Gasteiger partial charge in [-0.3, -0.25) is 10.1 Å². The fourth-order valence-corrected chi connectivity index (χ4v) is 1.70. The number of hydrogen-bond donors (Lipinski definition) is 3. The van der Waals surface area contributed by atoms with Gasteiger partial charge in [0.1, 0.15) is 0 Å². The maximum atomic E-state index is 11.3. The van der Waals surface area contributed by atoms with Crippen LogP contribution >= 0.6 is 11.8 Å². The third kappa shape index (κ3) is 9.00. The quantitative estimate of drug-likeness (QED) is 0.601. The van der Waals surface area contributed by atoms with Crippen molar-refractivity contribution in [2.24, 2.45) is 0 Å². The molecule has 6 heteroatoms. The topological polar surface area (TPSA) is 78.4 Å². The summed E-state index contributed by atoms with van der Waals surface area (Å²) in [6.07, 6.45) is 1.43. The number of amides is 3. The van der Waals surface area contributed by atoms with Crippen LogP contribution in [0, 0.1) is 0 Å². The van der Waals surface area contributed by atoms with Crippen LogP contribution in [0.3, 0.4) is 0 Å². The van der Waals surface area contributed by atoms with E-state index >= 15 is 0 Å². The molecule has 2 atom stereocenters. The van der Waals surface area contributed by atoms with Crippen molar-refractivity contribution in [1.82, 2.24) is 10.6 Å². The second kappa shape index (κ2) is 9.30. The number of rotatable bonds is 7. The first kappa shape index (κ1) is 16.2. The smallest absolute Gasteiger partial charge is 0.321 e. The summed E-state index contributed by atoms with van der Waals surface area (Å²) in [6, 6.07) is -0.450. The van der Waals surface area contributed by atoms with Crippen LogP contribution in [0.5, 0.6) is 0 Å². The van der Waals surface area contributed by atoms with Gasteiger partial charge in [-0.1, -0.05) is 20.3 Å². The molecule has 0 saturated heterocycles. The second-order valence-corrected chi connectivity index (χ2v) is 5.28. The number of hydrogen-bond acceptors (Lipinski definition) is 4. The molecular weight excluding hydrogens is 240 g/mol. The summed E-state index contributed by atoms with van der Waals surface area (Å²) in [7, 11) is 0. The average Bonchev–Trinajstić information content (AvgIpc) is 2.26. The Morgan fingerprint density at radius 2 is 2.00 bits per heavy atom. The molecule has 0 aromatic carbocycles. The van der Waals surface area contributed by atoms with Crippen molar-refractivity contribution >= 4 is 23.7 Å². The summed E-state index contributed by atoms with van der Waals surface area (Å²) in [5.41, 5.74) is 0. The number of nitrogens with one attached hydrogen (secondary N) is 2. The van der Waals surface area contributed by atoms with Crippen LogP contribution in [0.4, 0.5) is 4.79 Å². The Labute approximate surface area is 107 Å². The number of thioether (sulfide) groups is 1. The maximum absolute atomic E-state index is 11.3. The molecule has 0 saturated carbocycles. The van der Waals surface area contributed by atoms with E-state index in [-0.39, 0.29) is 16.9 Å². The number of carbonyl (C=O) groups excluding carboxylic acids is 2. The first-order valence-electron chi connectivity index (χ1n) is 5.84. The Kier molecular flexibility index (Phi) is 8.89. The normalized spacial score (nSPS) is 13.9. The van der Waals surface area contributed by atoms with Gasteiger partial charge in [0.05, 0.1) is 11.9 Å². The summed E-state index contributed by atoms with van der Waals surface area (Å²) in [4.78, 5) is 22.5. The van der Waals surface area contributed by atoms with E-state index in [0.29, 0.717) is 6.54 Å². The van der Waals surface area contributed by atoms with Gasteiger partial charge in [0.2, 0.25) is 5.91 Å². The Balaban J connectivity index is 3.67. The van der Waals surface area contributed by atoms with Crippen LogP contribution in [-0.2, 0) is 4.79 Å². The molecule has 2 unspecified atom stereocenters. The fourth-order valence-electron chi connectivity index (χ4n) is 0.932. The molecule has 17 heavy (non-hydrogen) atoms. The first-order chi connectivity index (χ1) is 7.97. The minimum Gasteiger partial charge on any atom is -0.392 e. The number of imide groups is 1. The molecule has 0 aromatic rings. The highest BCUT2D eigenvalue weighted by molar-refractivity contribution is 8.00. The zero-order chi connectivity index (χ0) is 13.3. The van der Waals surface area contributed by atoms with Crippen molar-refractivity contribution < 1.29 is 14.7 Å². The van der Waals surface area contributed by atoms with Gasteiger partial charge in [0, 0.05) is 11.8 Å². The summed E-state index contributed by atoms with van der Waals surface area (Å²) >= 11 is 1.32. The largest absolute Gasteiger partial charge is 0.392 e.